The Morgan fingerprint density at radius 3 is 2.35 bits per heavy atom. The van der Waals surface area contributed by atoms with Crippen LogP contribution in [-0.2, 0) is 4.79 Å². The minimum Gasteiger partial charge on any atom is -0.391 e. The second-order valence-corrected chi connectivity index (χ2v) is 6.50. The number of aliphatic hydroxyl groups is 1. The van der Waals surface area contributed by atoms with Gasteiger partial charge in [-0.3, -0.25) is 4.79 Å². The first-order chi connectivity index (χ1) is 7.82. The van der Waals surface area contributed by atoms with Gasteiger partial charge in [0.2, 0.25) is 5.91 Å². The summed E-state index contributed by atoms with van der Waals surface area (Å²) in [6.45, 7) is 8.84. The second-order valence-electron chi connectivity index (χ2n) is 6.50. The molecule has 1 amide bonds. The van der Waals surface area contributed by atoms with Crippen LogP contribution in [0.15, 0.2) is 0 Å². The molecule has 0 heterocycles. The maximum atomic E-state index is 11.9. The minimum absolute atomic E-state index is 0.125. The average molecular weight is 241 g/mol. The van der Waals surface area contributed by atoms with Crippen LogP contribution in [-0.4, -0.2) is 23.7 Å². The van der Waals surface area contributed by atoms with Crippen molar-refractivity contribution < 1.29 is 9.90 Å². The Kier molecular flexibility index (Phi) is 4.99. The third-order valence-electron chi connectivity index (χ3n) is 3.96. The molecular weight excluding hydrogens is 214 g/mol. The summed E-state index contributed by atoms with van der Waals surface area (Å²) in [6, 6.07) is 0. The molecule has 1 atom stereocenters. The summed E-state index contributed by atoms with van der Waals surface area (Å²) < 4.78 is 0. The number of aliphatic hydroxyl groups excluding tert-OH is 1. The zero-order valence-corrected chi connectivity index (χ0v) is 11.6. The number of carbonyl (C=O) groups is 1. The van der Waals surface area contributed by atoms with Gasteiger partial charge >= 0.3 is 0 Å². The van der Waals surface area contributed by atoms with Crippen molar-refractivity contribution >= 4 is 5.91 Å². The fourth-order valence-corrected chi connectivity index (χ4v) is 2.25. The van der Waals surface area contributed by atoms with Crippen molar-refractivity contribution in [1.82, 2.24) is 5.32 Å². The molecule has 0 aliphatic heterocycles. The van der Waals surface area contributed by atoms with E-state index in [1.165, 1.54) is 0 Å². The summed E-state index contributed by atoms with van der Waals surface area (Å²) in [5.74, 6) is 0.475. The van der Waals surface area contributed by atoms with Crippen LogP contribution in [0.4, 0.5) is 0 Å². The molecule has 1 aliphatic carbocycles. The Balaban J connectivity index is 2.30. The quantitative estimate of drug-likeness (QED) is 0.793. The van der Waals surface area contributed by atoms with Gasteiger partial charge in [-0.2, -0.15) is 0 Å². The first-order valence-corrected chi connectivity index (χ1v) is 6.77. The molecular formula is C14H27NO2. The molecule has 0 saturated heterocycles. The lowest BCUT2D eigenvalue weighted by Crippen LogP contribution is -2.39. The predicted molar refractivity (Wildman–Crippen MR) is 69.6 cm³/mol. The van der Waals surface area contributed by atoms with Crippen LogP contribution in [0.25, 0.3) is 0 Å². The van der Waals surface area contributed by atoms with Crippen molar-refractivity contribution in [2.75, 3.05) is 6.54 Å². The van der Waals surface area contributed by atoms with Crippen LogP contribution in [0, 0.1) is 17.3 Å². The molecule has 3 nitrogen and oxygen atoms in total. The molecule has 100 valence electrons. The Morgan fingerprint density at radius 2 is 1.88 bits per heavy atom. The molecule has 17 heavy (non-hydrogen) atoms. The summed E-state index contributed by atoms with van der Waals surface area (Å²) in [5, 5.41) is 12.5. The predicted octanol–water partition coefficient (Wildman–Crippen LogP) is 2.34. The van der Waals surface area contributed by atoms with Gasteiger partial charge in [0.15, 0.2) is 0 Å². The van der Waals surface area contributed by atoms with E-state index in [4.69, 9.17) is 0 Å². The fourth-order valence-electron chi connectivity index (χ4n) is 2.25. The Hall–Kier alpha value is -0.570. The van der Waals surface area contributed by atoms with Crippen molar-refractivity contribution in [3.8, 4) is 0 Å². The second kappa shape index (κ2) is 5.85. The first kappa shape index (κ1) is 14.5. The van der Waals surface area contributed by atoms with E-state index < -0.39 is 6.10 Å². The summed E-state index contributed by atoms with van der Waals surface area (Å²) in [4.78, 5) is 11.9. The third kappa shape index (κ3) is 4.66. The zero-order valence-electron chi connectivity index (χ0n) is 11.6. The highest BCUT2D eigenvalue weighted by Crippen LogP contribution is 2.37. The highest BCUT2D eigenvalue weighted by Gasteiger charge is 2.30. The van der Waals surface area contributed by atoms with Crippen LogP contribution in [0.2, 0.25) is 0 Å². The van der Waals surface area contributed by atoms with Gasteiger partial charge in [-0.15, -0.1) is 0 Å². The highest BCUT2D eigenvalue weighted by molar-refractivity contribution is 5.78. The maximum absolute atomic E-state index is 11.9. The van der Waals surface area contributed by atoms with Crippen molar-refractivity contribution in [3.05, 3.63) is 0 Å². The van der Waals surface area contributed by atoms with Crippen molar-refractivity contribution in [1.29, 1.82) is 0 Å². The van der Waals surface area contributed by atoms with E-state index in [1.54, 1.807) is 0 Å². The van der Waals surface area contributed by atoms with Crippen molar-refractivity contribution in [2.45, 2.75) is 59.5 Å². The number of carbonyl (C=O) groups excluding carboxylic acids is 1. The molecule has 0 radical (unpaired) electrons. The van der Waals surface area contributed by atoms with Crippen molar-refractivity contribution in [3.63, 3.8) is 0 Å². The van der Waals surface area contributed by atoms with Gasteiger partial charge in [-0.25, -0.2) is 0 Å². The number of amides is 1. The largest absolute Gasteiger partial charge is 0.391 e. The molecule has 0 bridgehead atoms. The van der Waals surface area contributed by atoms with Crippen LogP contribution in [0.3, 0.4) is 0 Å². The van der Waals surface area contributed by atoms with Gasteiger partial charge in [0, 0.05) is 12.5 Å². The molecule has 1 aliphatic rings. The third-order valence-corrected chi connectivity index (χ3v) is 3.96. The van der Waals surface area contributed by atoms with E-state index >= 15 is 0 Å². The van der Waals surface area contributed by atoms with Gasteiger partial charge in [0.05, 0.1) is 6.10 Å². The number of rotatable bonds is 4. The summed E-state index contributed by atoms with van der Waals surface area (Å²) >= 11 is 0. The maximum Gasteiger partial charge on any atom is 0.223 e. The summed E-state index contributed by atoms with van der Waals surface area (Å²) in [6.07, 6.45) is 3.78. The molecule has 0 aromatic carbocycles. The van der Waals surface area contributed by atoms with Crippen LogP contribution in [0.1, 0.15) is 53.4 Å². The van der Waals surface area contributed by atoms with Crippen LogP contribution in [0.5, 0.6) is 0 Å². The number of hydrogen-bond acceptors (Lipinski definition) is 2. The number of nitrogens with one attached hydrogen (secondary N) is 1. The fraction of sp³-hybridized carbons (Fsp3) is 0.929. The normalized spacial score (nSPS) is 22.5. The van der Waals surface area contributed by atoms with E-state index in [1.807, 2.05) is 13.8 Å². The average Bonchev–Trinajstić information content (AvgIpc) is 2.25. The lowest BCUT2D eigenvalue weighted by atomic mass is 9.73. The highest BCUT2D eigenvalue weighted by atomic mass is 16.3. The topological polar surface area (TPSA) is 49.3 Å². The molecule has 3 heteroatoms. The van der Waals surface area contributed by atoms with Gasteiger partial charge in [-0.05, 0) is 37.0 Å². The zero-order chi connectivity index (χ0) is 13.1. The monoisotopic (exact) mass is 241 g/mol. The molecule has 1 fully saturated rings. The standard InChI is InChI=1S/C14H27NO2/c1-10(2)12(16)9-15-13(17)11-5-7-14(3,4)8-6-11/h10-12,16H,5-9H2,1-4H3,(H,15,17). The lowest BCUT2D eigenvalue weighted by molar-refractivity contribution is -0.127. The molecule has 2 N–H and O–H groups in total. The van der Waals surface area contributed by atoms with Crippen LogP contribution >= 0.6 is 0 Å². The molecule has 0 aromatic heterocycles. The minimum atomic E-state index is -0.431. The van der Waals surface area contributed by atoms with E-state index in [-0.39, 0.29) is 17.7 Å². The lowest BCUT2D eigenvalue weighted by Gasteiger charge is -2.33. The SMILES string of the molecule is CC(C)C(O)CNC(=O)C1CCC(C)(C)CC1. The van der Waals surface area contributed by atoms with E-state index in [0.29, 0.717) is 12.0 Å². The van der Waals surface area contributed by atoms with Gasteiger partial charge < -0.3 is 10.4 Å². The Morgan fingerprint density at radius 1 is 1.35 bits per heavy atom. The van der Waals surface area contributed by atoms with Gasteiger partial charge in [0.25, 0.3) is 0 Å². The number of hydrogen-bond donors (Lipinski definition) is 2. The smallest absolute Gasteiger partial charge is 0.223 e. The molecule has 0 spiro atoms. The van der Waals surface area contributed by atoms with E-state index in [2.05, 4.69) is 19.2 Å². The Bertz CT molecular complexity index is 251. The Labute approximate surface area is 105 Å². The molecule has 1 rings (SSSR count). The summed E-state index contributed by atoms with van der Waals surface area (Å²) in [7, 11) is 0. The molecule has 0 aromatic rings. The molecule has 1 unspecified atom stereocenters. The van der Waals surface area contributed by atoms with Crippen molar-refractivity contribution in [2.24, 2.45) is 17.3 Å². The van der Waals surface area contributed by atoms with Crippen LogP contribution < -0.4 is 5.32 Å². The van der Waals surface area contributed by atoms with Gasteiger partial charge in [-0.1, -0.05) is 27.7 Å². The summed E-state index contributed by atoms with van der Waals surface area (Å²) in [5.41, 5.74) is 0.397. The molecule has 1 saturated carbocycles. The van der Waals surface area contributed by atoms with E-state index in [0.717, 1.165) is 25.7 Å². The van der Waals surface area contributed by atoms with E-state index in [9.17, 15) is 9.90 Å². The van der Waals surface area contributed by atoms with Gasteiger partial charge in [0.1, 0.15) is 0 Å². The first-order valence-electron chi connectivity index (χ1n) is 6.77.